The predicted molar refractivity (Wildman–Crippen MR) is 85.3 cm³/mol. The highest BCUT2D eigenvalue weighted by Crippen LogP contribution is 2.22. The zero-order valence-electron chi connectivity index (χ0n) is 12.5. The molecule has 0 atom stereocenters. The molecule has 0 aliphatic heterocycles. The first kappa shape index (κ1) is 14.3. The first-order valence-electron chi connectivity index (χ1n) is 7.17. The lowest BCUT2D eigenvalue weighted by atomic mass is 10.1. The van der Waals surface area contributed by atoms with Crippen molar-refractivity contribution in [2.24, 2.45) is 0 Å². The predicted octanol–water partition coefficient (Wildman–Crippen LogP) is 3.85. The summed E-state index contributed by atoms with van der Waals surface area (Å²) in [6.07, 6.45) is 0. The second kappa shape index (κ2) is 5.64. The molecule has 2 aromatic carbocycles. The molecule has 0 saturated heterocycles. The summed E-state index contributed by atoms with van der Waals surface area (Å²) in [6.45, 7) is 4.10. The Morgan fingerprint density at radius 2 is 1.95 bits per heavy atom. The van der Waals surface area contributed by atoms with Crippen molar-refractivity contribution >= 4 is 16.8 Å². The number of hydrogen-bond donors (Lipinski definition) is 2. The Labute approximate surface area is 128 Å². The molecule has 3 nitrogen and oxygen atoms in total. The van der Waals surface area contributed by atoms with Crippen LogP contribution in [0.4, 0.5) is 4.39 Å². The number of aryl methyl sites for hydroxylation is 2. The lowest BCUT2D eigenvalue weighted by Crippen LogP contribution is -2.24. The highest BCUT2D eigenvalue weighted by Gasteiger charge is 2.15. The van der Waals surface area contributed by atoms with Crippen LogP contribution in [0.1, 0.15) is 27.2 Å². The number of aromatic nitrogens is 1. The molecule has 0 bridgehead atoms. The van der Waals surface area contributed by atoms with E-state index in [-0.39, 0.29) is 18.3 Å². The van der Waals surface area contributed by atoms with Crippen molar-refractivity contribution in [3.05, 3.63) is 70.7 Å². The van der Waals surface area contributed by atoms with Gasteiger partial charge in [-0.2, -0.15) is 0 Å². The highest BCUT2D eigenvalue weighted by molar-refractivity contribution is 6.00. The molecular weight excluding hydrogens is 279 g/mol. The molecule has 0 saturated carbocycles. The van der Waals surface area contributed by atoms with Crippen LogP contribution < -0.4 is 5.32 Å². The van der Waals surface area contributed by atoms with Gasteiger partial charge in [0.1, 0.15) is 11.5 Å². The van der Waals surface area contributed by atoms with Crippen molar-refractivity contribution in [2.75, 3.05) is 0 Å². The van der Waals surface area contributed by atoms with E-state index < -0.39 is 0 Å². The molecule has 0 aliphatic carbocycles. The van der Waals surface area contributed by atoms with Crippen LogP contribution in [0.3, 0.4) is 0 Å². The Kier molecular flexibility index (Phi) is 3.67. The number of aromatic amines is 1. The SMILES string of the molecule is Cc1ccc2[nH]c(C(=O)NCc3ccccc3F)c(C)c2c1. The number of benzene rings is 2. The van der Waals surface area contributed by atoms with Gasteiger partial charge in [0.25, 0.3) is 5.91 Å². The van der Waals surface area contributed by atoms with Gasteiger partial charge in [0.05, 0.1) is 0 Å². The summed E-state index contributed by atoms with van der Waals surface area (Å²) < 4.78 is 13.6. The van der Waals surface area contributed by atoms with Crippen molar-refractivity contribution in [1.29, 1.82) is 0 Å². The van der Waals surface area contributed by atoms with Gasteiger partial charge < -0.3 is 10.3 Å². The number of rotatable bonds is 3. The minimum atomic E-state index is -0.313. The number of hydrogen-bond acceptors (Lipinski definition) is 1. The minimum absolute atomic E-state index is 0.166. The maximum absolute atomic E-state index is 13.6. The van der Waals surface area contributed by atoms with Crippen LogP contribution in [-0.4, -0.2) is 10.9 Å². The quantitative estimate of drug-likeness (QED) is 0.757. The van der Waals surface area contributed by atoms with Gasteiger partial charge in [-0.1, -0.05) is 29.8 Å². The Hall–Kier alpha value is -2.62. The fourth-order valence-electron chi connectivity index (χ4n) is 2.57. The molecule has 3 aromatic rings. The van der Waals surface area contributed by atoms with E-state index in [1.807, 2.05) is 26.0 Å². The fourth-order valence-corrected chi connectivity index (χ4v) is 2.57. The highest BCUT2D eigenvalue weighted by atomic mass is 19.1. The van der Waals surface area contributed by atoms with Crippen molar-refractivity contribution in [1.82, 2.24) is 10.3 Å². The maximum Gasteiger partial charge on any atom is 0.268 e. The second-order valence-corrected chi connectivity index (χ2v) is 5.45. The van der Waals surface area contributed by atoms with Crippen LogP contribution >= 0.6 is 0 Å². The zero-order chi connectivity index (χ0) is 15.7. The topological polar surface area (TPSA) is 44.9 Å². The lowest BCUT2D eigenvalue weighted by Gasteiger charge is -2.06. The maximum atomic E-state index is 13.6. The van der Waals surface area contributed by atoms with Gasteiger partial charge in [0, 0.05) is 23.0 Å². The van der Waals surface area contributed by atoms with Gasteiger partial charge in [-0.25, -0.2) is 4.39 Å². The summed E-state index contributed by atoms with van der Waals surface area (Å²) in [5, 5.41) is 3.80. The lowest BCUT2D eigenvalue weighted by molar-refractivity contribution is 0.0946. The molecule has 22 heavy (non-hydrogen) atoms. The van der Waals surface area contributed by atoms with Gasteiger partial charge in [-0.3, -0.25) is 4.79 Å². The fraction of sp³-hybridized carbons (Fsp3) is 0.167. The van der Waals surface area contributed by atoms with E-state index in [1.165, 1.54) is 6.07 Å². The van der Waals surface area contributed by atoms with Crippen LogP contribution in [0.2, 0.25) is 0 Å². The van der Waals surface area contributed by atoms with E-state index in [2.05, 4.69) is 16.4 Å². The third-order valence-electron chi connectivity index (χ3n) is 3.84. The van der Waals surface area contributed by atoms with E-state index in [4.69, 9.17) is 0 Å². The largest absolute Gasteiger partial charge is 0.350 e. The number of carbonyl (C=O) groups excluding carboxylic acids is 1. The number of fused-ring (bicyclic) bond motifs is 1. The van der Waals surface area contributed by atoms with E-state index >= 15 is 0 Å². The Bertz CT molecular complexity index is 851. The molecule has 1 amide bonds. The normalized spacial score (nSPS) is 10.9. The van der Waals surface area contributed by atoms with Crippen LogP contribution in [0.15, 0.2) is 42.5 Å². The number of carbonyl (C=O) groups is 1. The first-order valence-corrected chi connectivity index (χ1v) is 7.17. The Morgan fingerprint density at radius 1 is 1.18 bits per heavy atom. The molecule has 2 N–H and O–H groups in total. The van der Waals surface area contributed by atoms with Crippen molar-refractivity contribution in [2.45, 2.75) is 20.4 Å². The summed E-state index contributed by atoms with van der Waals surface area (Å²) in [6, 6.07) is 12.4. The molecule has 0 aliphatic rings. The third kappa shape index (κ3) is 2.60. The van der Waals surface area contributed by atoms with Crippen molar-refractivity contribution < 1.29 is 9.18 Å². The van der Waals surface area contributed by atoms with E-state index in [0.29, 0.717) is 11.3 Å². The van der Waals surface area contributed by atoms with Gasteiger partial charge in [0.15, 0.2) is 0 Å². The average Bonchev–Trinajstić information content (AvgIpc) is 2.83. The first-order chi connectivity index (χ1) is 10.6. The molecule has 112 valence electrons. The van der Waals surface area contributed by atoms with Gasteiger partial charge >= 0.3 is 0 Å². The standard InChI is InChI=1S/C18H17FN2O/c1-11-7-8-16-14(9-11)12(2)17(21-16)18(22)20-10-13-5-3-4-6-15(13)19/h3-9,21H,10H2,1-2H3,(H,20,22). The monoisotopic (exact) mass is 296 g/mol. The molecule has 0 fully saturated rings. The van der Waals surface area contributed by atoms with Gasteiger partial charge in [-0.05, 0) is 37.6 Å². The van der Waals surface area contributed by atoms with Gasteiger partial charge in [0.2, 0.25) is 0 Å². The molecule has 1 aromatic heterocycles. The molecule has 0 unspecified atom stereocenters. The molecule has 0 radical (unpaired) electrons. The molecule has 0 spiro atoms. The van der Waals surface area contributed by atoms with Crippen molar-refractivity contribution in [3.63, 3.8) is 0 Å². The summed E-state index contributed by atoms with van der Waals surface area (Å²) >= 11 is 0. The Morgan fingerprint density at radius 3 is 2.73 bits per heavy atom. The summed E-state index contributed by atoms with van der Waals surface area (Å²) in [5.74, 6) is -0.540. The van der Waals surface area contributed by atoms with E-state index in [1.54, 1.807) is 18.2 Å². The number of halogens is 1. The van der Waals surface area contributed by atoms with E-state index in [9.17, 15) is 9.18 Å². The van der Waals surface area contributed by atoms with Crippen LogP contribution in [0.25, 0.3) is 10.9 Å². The van der Waals surface area contributed by atoms with Crippen molar-refractivity contribution in [3.8, 4) is 0 Å². The second-order valence-electron chi connectivity index (χ2n) is 5.45. The zero-order valence-corrected chi connectivity index (χ0v) is 12.5. The Balaban J connectivity index is 1.83. The summed E-state index contributed by atoms with van der Waals surface area (Å²) in [5.41, 5.74) is 3.98. The van der Waals surface area contributed by atoms with E-state index in [0.717, 1.165) is 22.0 Å². The molecule has 4 heteroatoms. The van der Waals surface area contributed by atoms with Crippen LogP contribution in [0.5, 0.6) is 0 Å². The smallest absolute Gasteiger partial charge is 0.268 e. The van der Waals surface area contributed by atoms with Crippen LogP contribution in [-0.2, 0) is 6.54 Å². The minimum Gasteiger partial charge on any atom is -0.350 e. The number of amides is 1. The van der Waals surface area contributed by atoms with Gasteiger partial charge in [-0.15, -0.1) is 0 Å². The average molecular weight is 296 g/mol. The summed E-state index contributed by atoms with van der Waals surface area (Å²) in [4.78, 5) is 15.5. The third-order valence-corrected chi connectivity index (χ3v) is 3.84. The molecular formula is C18H17FN2O. The number of nitrogens with one attached hydrogen (secondary N) is 2. The summed E-state index contributed by atoms with van der Waals surface area (Å²) in [7, 11) is 0. The molecule has 1 heterocycles. The number of H-pyrrole nitrogens is 1. The molecule has 3 rings (SSSR count). The van der Waals surface area contributed by atoms with Crippen LogP contribution in [0, 0.1) is 19.7 Å².